The summed E-state index contributed by atoms with van der Waals surface area (Å²) in [6, 6.07) is 19.2. The van der Waals surface area contributed by atoms with Crippen LogP contribution in [0.15, 0.2) is 72.9 Å². The topological polar surface area (TPSA) is 90.4 Å². The van der Waals surface area contributed by atoms with Gasteiger partial charge < -0.3 is 15.4 Å². The molecular weight excluding hydrogens is 471 g/mol. The lowest BCUT2D eigenvalue weighted by Crippen LogP contribution is -2.37. The molecule has 6 rings (SSSR count). The van der Waals surface area contributed by atoms with Crippen LogP contribution in [0.5, 0.6) is 5.75 Å². The number of amides is 2. The zero-order valence-corrected chi connectivity index (χ0v) is 20.6. The Bertz CT molecular complexity index is 1530. The maximum atomic E-state index is 13.8. The lowest BCUT2D eigenvalue weighted by molar-refractivity contribution is -0.126. The molecule has 1 aromatic heterocycles. The molecule has 8 heteroatoms. The van der Waals surface area contributed by atoms with Gasteiger partial charge in [-0.2, -0.15) is 5.10 Å². The van der Waals surface area contributed by atoms with E-state index >= 15 is 0 Å². The first-order valence-corrected chi connectivity index (χ1v) is 12.3. The van der Waals surface area contributed by atoms with Gasteiger partial charge in [-0.05, 0) is 73.0 Å². The molecule has 2 fully saturated rings. The number of nitrogens with zero attached hydrogens (tertiary/aromatic N) is 3. The predicted octanol–water partition coefficient (Wildman–Crippen LogP) is 4.78. The van der Waals surface area contributed by atoms with Gasteiger partial charge in [0.15, 0.2) is 0 Å². The molecule has 2 amide bonds. The van der Waals surface area contributed by atoms with Crippen molar-refractivity contribution >= 4 is 28.4 Å². The summed E-state index contributed by atoms with van der Waals surface area (Å²) >= 11 is 0. The fourth-order valence-electron chi connectivity index (χ4n) is 6.03. The van der Waals surface area contributed by atoms with Crippen molar-refractivity contribution in [2.24, 2.45) is 23.0 Å². The van der Waals surface area contributed by atoms with Crippen molar-refractivity contribution in [3.63, 3.8) is 0 Å². The molecule has 1 aliphatic carbocycles. The molecule has 0 spiro atoms. The summed E-state index contributed by atoms with van der Waals surface area (Å²) in [6.07, 6.45) is 3.10. The van der Waals surface area contributed by atoms with E-state index in [1.165, 1.54) is 12.1 Å². The highest BCUT2D eigenvalue weighted by molar-refractivity contribution is 6.01. The Morgan fingerprint density at radius 3 is 2.49 bits per heavy atom. The van der Waals surface area contributed by atoms with Crippen LogP contribution >= 0.6 is 0 Å². The van der Waals surface area contributed by atoms with Crippen LogP contribution in [0.1, 0.15) is 31.4 Å². The zero-order chi connectivity index (χ0) is 25.9. The average molecular weight is 499 g/mol. The summed E-state index contributed by atoms with van der Waals surface area (Å²) < 4.78 is 20.6. The molecule has 3 aromatic carbocycles. The van der Waals surface area contributed by atoms with Crippen LogP contribution in [0, 0.1) is 23.1 Å². The van der Waals surface area contributed by atoms with Crippen LogP contribution in [0.3, 0.4) is 0 Å². The van der Waals surface area contributed by atoms with E-state index in [2.05, 4.69) is 5.10 Å². The highest BCUT2D eigenvalue weighted by Crippen LogP contribution is 2.62. The van der Waals surface area contributed by atoms with Crippen molar-refractivity contribution in [3.8, 4) is 11.4 Å². The van der Waals surface area contributed by atoms with Gasteiger partial charge in [0.1, 0.15) is 11.6 Å². The van der Waals surface area contributed by atoms with Crippen molar-refractivity contribution < 1.29 is 18.7 Å². The summed E-state index contributed by atoms with van der Waals surface area (Å²) in [5.74, 6) is -0.667. The number of hydrogen-bond donors (Lipinski definition) is 1. The van der Waals surface area contributed by atoms with Crippen molar-refractivity contribution in [2.45, 2.75) is 25.8 Å². The van der Waals surface area contributed by atoms with Crippen LogP contribution in [0.2, 0.25) is 0 Å². The fourth-order valence-corrected chi connectivity index (χ4v) is 6.03. The largest absolute Gasteiger partial charge is 0.497 e. The highest BCUT2D eigenvalue weighted by atomic mass is 19.1. The summed E-state index contributed by atoms with van der Waals surface area (Å²) in [5.41, 5.74) is 8.41. The van der Waals surface area contributed by atoms with Gasteiger partial charge in [-0.15, -0.1) is 0 Å². The van der Waals surface area contributed by atoms with E-state index in [1.807, 2.05) is 54.3 Å². The second kappa shape index (κ2) is 8.44. The van der Waals surface area contributed by atoms with Gasteiger partial charge in [0, 0.05) is 22.9 Å². The lowest BCUT2D eigenvalue weighted by Gasteiger charge is -2.32. The maximum absolute atomic E-state index is 13.8. The van der Waals surface area contributed by atoms with E-state index in [-0.39, 0.29) is 35.5 Å². The molecule has 4 aromatic rings. The SMILES string of the molecule is COc1cccc([C@H]2[C@H](C3(C(N)=O)CC3)[C@H](C)C(=O)N2c2ccc3c(cnn3-c3ccc(F)cc3)c2)c1. The number of primary amides is 1. The van der Waals surface area contributed by atoms with Crippen molar-refractivity contribution in [2.75, 3.05) is 12.0 Å². The predicted molar refractivity (Wildman–Crippen MR) is 138 cm³/mol. The van der Waals surface area contributed by atoms with Crippen LogP contribution in [0.4, 0.5) is 10.1 Å². The first kappa shape index (κ1) is 23.2. The number of benzene rings is 3. The van der Waals surface area contributed by atoms with E-state index in [4.69, 9.17) is 10.5 Å². The average Bonchev–Trinajstić information content (AvgIpc) is 3.54. The Morgan fingerprint density at radius 1 is 1.08 bits per heavy atom. The molecule has 7 nitrogen and oxygen atoms in total. The molecule has 0 radical (unpaired) electrons. The number of aromatic nitrogens is 2. The van der Waals surface area contributed by atoms with Crippen molar-refractivity contribution in [1.82, 2.24) is 9.78 Å². The molecule has 0 bridgehead atoms. The molecule has 3 atom stereocenters. The van der Waals surface area contributed by atoms with E-state index in [0.29, 0.717) is 18.6 Å². The third kappa shape index (κ3) is 3.58. The van der Waals surface area contributed by atoms with Crippen LogP contribution in [-0.4, -0.2) is 28.7 Å². The molecular formula is C29H27FN4O3. The molecule has 0 unspecified atom stereocenters. The zero-order valence-electron chi connectivity index (χ0n) is 20.6. The minimum Gasteiger partial charge on any atom is -0.497 e. The number of carbonyl (C=O) groups excluding carboxylic acids is 2. The Labute approximate surface area is 213 Å². The first-order chi connectivity index (χ1) is 17.8. The molecule has 188 valence electrons. The van der Waals surface area contributed by atoms with Crippen LogP contribution < -0.4 is 15.4 Å². The Balaban J connectivity index is 1.47. The van der Waals surface area contributed by atoms with Gasteiger partial charge in [-0.3, -0.25) is 9.59 Å². The number of methoxy groups -OCH3 is 1. The fraction of sp³-hybridized carbons (Fsp3) is 0.276. The van der Waals surface area contributed by atoms with Gasteiger partial charge in [-0.25, -0.2) is 9.07 Å². The molecule has 2 N–H and O–H groups in total. The van der Waals surface area contributed by atoms with Crippen molar-refractivity contribution in [3.05, 3.63) is 84.3 Å². The quantitative estimate of drug-likeness (QED) is 0.414. The summed E-state index contributed by atoms with van der Waals surface area (Å²) in [7, 11) is 1.61. The maximum Gasteiger partial charge on any atom is 0.230 e. The molecule has 2 aliphatic rings. The Morgan fingerprint density at radius 2 is 1.81 bits per heavy atom. The Hall–Kier alpha value is -4.20. The monoisotopic (exact) mass is 498 g/mol. The van der Waals surface area contributed by atoms with Crippen LogP contribution in [-0.2, 0) is 9.59 Å². The second-order valence-electron chi connectivity index (χ2n) is 10.0. The number of halogens is 1. The molecule has 2 heterocycles. The van der Waals surface area contributed by atoms with Gasteiger partial charge in [0.25, 0.3) is 0 Å². The standard InChI is InChI=1S/C29H27FN4O3/c1-17-25(29(12-13-29)28(31)36)26(18-4-3-5-23(15-18)37-2)33(27(17)35)22-10-11-24-19(14-22)16-32-34(24)21-8-6-20(30)7-9-21/h3-11,14-17,25-26H,12-13H2,1-2H3,(H2,31,36)/t17-,25+,26-/m0/s1. The number of rotatable bonds is 6. The number of nitrogens with two attached hydrogens (primary N) is 1. The highest BCUT2D eigenvalue weighted by Gasteiger charge is 2.64. The number of ether oxygens (including phenoxy) is 1. The summed E-state index contributed by atoms with van der Waals surface area (Å²) in [5, 5.41) is 5.34. The smallest absolute Gasteiger partial charge is 0.230 e. The first-order valence-electron chi connectivity index (χ1n) is 12.3. The minimum atomic E-state index is -0.699. The van der Waals surface area contributed by atoms with Gasteiger partial charge >= 0.3 is 0 Å². The second-order valence-corrected chi connectivity index (χ2v) is 10.0. The normalized spacial score (nSPS) is 22.4. The van der Waals surface area contributed by atoms with Crippen LogP contribution in [0.25, 0.3) is 16.6 Å². The van der Waals surface area contributed by atoms with E-state index in [0.717, 1.165) is 27.8 Å². The van der Waals surface area contributed by atoms with E-state index in [1.54, 1.807) is 30.1 Å². The third-order valence-corrected chi connectivity index (χ3v) is 8.04. The molecule has 1 saturated carbocycles. The third-order valence-electron chi connectivity index (χ3n) is 8.04. The number of hydrogen-bond acceptors (Lipinski definition) is 4. The van der Waals surface area contributed by atoms with Gasteiger partial charge in [0.05, 0.1) is 36.0 Å². The number of fused-ring (bicyclic) bond motifs is 1. The lowest BCUT2D eigenvalue weighted by atomic mass is 9.75. The van der Waals surface area contributed by atoms with Gasteiger partial charge in [0.2, 0.25) is 11.8 Å². The number of carbonyl (C=O) groups is 2. The minimum absolute atomic E-state index is 0.0457. The van der Waals surface area contributed by atoms with E-state index in [9.17, 15) is 14.0 Å². The summed E-state index contributed by atoms with van der Waals surface area (Å²) in [6.45, 7) is 1.90. The summed E-state index contributed by atoms with van der Waals surface area (Å²) in [4.78, 5) is 28.3. The molecule has 1 aliphatic heterocycles. The molecule has 1 saturated heterocycles. The van der Waals surface area contributed by atoms with E-state index < -0.39 is 5.41 Å². The molecule has 37 heavy (non-hydrogen) atoms. The van der Waals surface area contributed by atoms with Gasteiger partial charge in [-0.1, -0.05) is 19.1 Å². The number of anilines is 1. The Kier molecular flexibility index (Phi) is 5.29. The van der Waals surface area contributed by atoms with Crippen molar-refractivity contribution in [1.29, 1.82) is 0 Å².